The summed E-state index contributed by atoms with van der Waals surface area (Å²) in [4.78, 5) is 12.6. The van der Waals surface area contributed by atoms with Gasteiger partial charge in [0.05, 0.1) is 0 Å². The minimum atomic E-state index is -1.04. The van der Waals surface area contributed by atoms with Crippen molar-refractivity contribution in [2.75, 3.05) is 11.9 Å². The molecule has 1 N–H and O–H groups in total. The van der Waals surface area contributed by atoms with Gasteiger partial charge in [0.1, 0.15) is 5.82 Å². The molecule has 1 unspecified atom stereocenters. The Morgan fingerprint density at radius 1 is 1.53 bits per heavy atom. The summed E-state index contributed by atoms with van der Waals surface area (Å²) in [6.45, 7) is 4.21. The second kappa shape index (κ2) is 6.92. The fourth-order valence-corrected chi connectivity index (χ4v) is 1.99. The van der Waals surface area contributed by atoms with E-state index in [0.29, 0.717) is 11.6 Å². The molecule has 0 spiro atoms. The number of rotatable bonds is 6. The zero-order valence-corrected chi connectivity index (χ0v) is 11.6. The molecule has 0 saturated heterocycles. The summed E-state index contributed by atoms with van der Waals surface area (Å²) >= 11 is 0. The molecular formula is C15H20FNO2. The number of carbonyl (C=O) groups is 1. The molecule has 1 aromatic rings. The average Bonchev–Trinajstić information content (AvgIpc) is 2.36. The molecule has 0 aliphatic carbocycles. The quantitative estimate of drug-likeness (QED) is 0.800. The lowest BCUT2D eigenvalue weighted by molar-refractivity contribution is -0.131. The maximum atomic E-state index is 13.3. The Bertz CT molecular complexity index is 471. The number of carboxylic acid groups (broad SMARTS) is 1. The van der Waals surface area contributed by atoms with Crippen LogP contribution in [-0.4, -0.2) is 24.2 Å². The molecular weight excluding hydrogens is 245 g/mol. The Hall–Kier alpha value is -1.84. The van der Waals surface area contributed by atoms with Crippen molar-refractivity contribution in [1.29, 1.82) is 0 Å². The Balaban J connectivity index is 3.08. The van der Waals surface area contributed by atoms with Crippen LogP contribution in [-0.2, 0) is 4.79 Å². The Labute approximate surface area is 113 Å². The monoisotopic (exact) mass is 265 g/mol. The molecule has 4 heteroatoms. The number of hydrogen-bond donors (Lipinski definition) is 1. The van der Waals surface area contributed by atoms with E-state index in [-0.39, 0.29) is 5.82 Å². The van der Waals surface area contributed by atoms with Gasteiger partial charge in [-0.25, -0.2) is 9.18 Å². The zero-order chi connectivity index (χ0) is 14.4. The summed E-state index contributed by atoms with van der Waals surface area (Å²) in [7, 11) is 1.94. The molecule has 0 radical (unpaired) electrons. The van der Waals surface area contributed by atoms with Crippen molar-refractivity contribution in [3.63, 3.8) is 0 Å². The van der Waals surface area contributed by atoms with Gasteiger partial charge in [0.15, 0.2) is 0 Å². The van der Waals surface area contributed by atoms with Crippen LogP contribution in [0.1, 0.15) is 32.3 Å². The lowest BCUT2D eigenvalue weighted by atomic mass is 10.1. The van der Waals surface area contributed by atoms with Crippen molar-refractivity contribution in [3.8, 4) is 0 Å². The molecule has 104 valence electrons. The van der Waals surface area contributed by atoms with Gasteiger partial charge in [-0.2, -0.15) is 0 Å². The topological polar surface area (TPSA) is 40.5 Å². The lowest BCUT2D eigenvalue weighted by Gasteiger charge is -2.28. The fourth-order valence-electron chi connectivity index (χ4n) is 1.99. The van der Waals surface area contributed by atoms with Gasteiger partial charge >= 0.3 is 5.97 Å². The molecule has 0 aromatic heterocycles. The number of carboxylic acids is 1. The van der Waals surface area contributed by atoms with Crippen LogP contribution >= 0.6 is 0 Å². The molecule has 19 heavy (non-hydrogen) atoms. The highest BCUT2D eigenvalue weighted by Gasteiger charge is 2.12. The number of nitrogens with zero attached hydrogens (tertiary/aromatic N) is 1. The normalized spacial score (nSPS) is 12.6. The van der Waals surface area contributed by atoms with Crippen molar-refractivity contribution in [2.45, 2.75) is 32.7 Å². The van der Waals surface area contributed by atoms with Crippen LogP contribution < -0.4 is 4.90 Å². The van der Waals surface area contributed by atoms with Crippen molar-refractivity contribution in [1.82, 2.24) is 0 Å². The summed E-state index contributed by atoms with van der Waals surface area (Å²) in [5, 5.41) is 8.67. The summed E-state index contributed by atoms with van der Waals surface area (Å²) < 4.78 is 13.3. The van der Waals surface area contributed by atoms with E-state index in [1.807, 2.05) is 11.9 Å². The molecule has 0 fully saturated rings. The molecule has 0 saturated carbocycles. The molecule has 1 atom stereocenters. The first-order chi connectivity index (χ1) is 8.95. The third-order valence-electron chi connectivity index (χ3n) is 3.14. The SMILES string of the molecule is CCCC(C)N(C)c1ccc(F)cc1/C=C/C(=O)O. The van der Waals surface area contributed by atoms with E-state index in [4.69, 9.17) is 5.11 Å². The first kappa shape index (κ1) is 15.2. The van der Waals surface area contributed by atoms with E-state index in [2.05, 4.69) is 13.8 Å². The molecule has 1 aromatic carbocycles. The summed E-state index contributed by atoms with van der Waals surface area (Å²) in [6, 6.07) is 4.74. The number of aliphatic carboxylic acids is 1. The number of anilines is 1. The largest absolute Gasteiger partial charge is 0.478 e. The van der Waals surface area contributed by atoms with Gasteiger partial charge in [-0.3, -0.25) is 0 Å². The van der Waals surface area contributed by atoms with Gasteiger partial charge in [-0.1, -0.05) is 13.3 Å². The van der Waals surface area contributed by atoms with Gasteiger partial charge in [-0.05, 0) is 37.6 Å². The van der Waals surface area contributed by atoms with Crippen LogP contribution in [0.15, 0.2) is 24.3 Å². The number of benzene rings is 1. The highest BCUT2D eigenvalue weighted by molar-refractivity contribution is 5.87. The molecule has 0 aliphatic rings. The van der Waals surface area contributed by atoms with Gasteiger partial charge in [-0.15, -0.1) is 0 Å². The summed E-state index contributed by atoms with van der Waals surface area (Å²) in [6.07, 6.45) is 4.54. The molecule has 0 aliphatic heterocycles. The third-order valence-corrected chi connectivity index (χ3v) is 3.14. The predicted octanol–water partition coefficient (Wildman–Crippen LogP) is 3.55. The van der Waals surface area contributed by atoms with E-state index in [9.17, 15) is 9.18 Å². The molecule has 0 heterocycles. The maximum absolute atomic E-state index is 13.3. The Morgan fingerprint density at radius 2 is 2.21 bits per heavy atom. The minimum absolute atomic E-state index is 0.312. The van der Waals surface area contributed by atoms with Crippen molar-refractivity contribution < 1.29 is 14.3 Å². The second-order valence-corrected chi connectivity index (χ2v) is 4.62. The van der Waals surface area contributed by atoms with Gasteiger partial charge < -0.3 is 10.0 Å². The van der Waals surface area contributed by atoms with E-state index in [1.54, 1.807) is 6.07 Å². The smallest absolute Gasteiger partial charge is 0.328 e. The molecule has 3 nitrogen and oxygen atoms in total. The predicted molar refractivity (Wildman–Crippen MR) is 75.8 cm³/mol. The number of hydrogen-bond acceptors (Lipinski definition) is 2. The Kier molecular flexibility index (Phi) is 5.55. The zero-order valence-electron chi connectivity index (χ0n) is 11.6. The standard InChI is InChI=1S/C15H20FNO2/c1-4-5-11(2)17(3)14-8-7-13(16)10-12(14)6-9-15(18)19/h6-11H,4-5H2,1-3H3,(H,18,19)/b9-6+. The first-order valence-electron chi connectivity index (χ1n) is 6.39. The maximum Gasteiger partial charge on any atom is 0.328 e. The second-order valence-electron chi connectivity index (χ2n) is 4.62. The number of halogens is 1. The molecule has 0 bridgehead atoms. The molecule has 0 amide bonds. The van der Waals surface area contributed by atoms with Crippen LogP contribution in [0.2, 0.25) is 0 Å². The molecule has 1 rings (SSSR count). The van der Waals surface area contributed by atoms with Crippen molar-refractivity contribution >= 4 is 17.7 Å². The van der Waals surface area contributed by atoms with Crippen LogP contribution in [0.4, 0.5) is 10.1 Å². The summed E-state index contributed by atoms with van der Waals surface area (Å²) in [5.41, 5.74) is 1.41. The summed E-state index contributed by atoms with van der Waals surface area (Å²) in [5.74, 6) is -1.41. The highest BCUT2D eigenvalue weighted by atomic mass is 19.1. The third kappa shape index (κ3) is 4.39. The van der Waals surface area contributed by atoms with Crippen LogP contribution in [0.25, 0.3) is 6.08 Å². The van der Waals surface area contributed by atoms with Crippen LogP contribution in [0.5, 0.6) is 0 Å². The van der Waals surface area contributed by atoms with Gasteiger partial charge in [0.2, 0.25) is 0 Å². The van der Waals surface area contributed by atoms with E-state index < -0.39 is 5.97 Å². The average molecular weight is 265 g/mol. The van der Waals surface area contributed by atoms with Crippen LogP contribution in [0, 0.1) is 5.82 Å². The lowest BCUT2D eigenvalue weighted by Crippen LogP contribution is -2.29. The van der Waals surface area contributed by atoms with E-state index >= 15 is 0 Å². The van der Waals surface area contributed by atoms with Crippen LogP contribution in [0.3, 0.4) is 0 Å². The van der Waals surface area contributed by atoms with Gasteiger partial charge in [0, 0.05) is 30.4 Å². The van der Waals surface area contributed by atoms with Crippen molar-refractivity contribution in [2.24, 2.45) is 0 Å². The van der Waals surface area contributed by atoms with E-state index in [1.165, 1.54) is 18.2 Å². The van der Waals surface area contributed by atoms with Crippen molar-refractivity contribution in [3.05, 3.63) is 35.7 Å². The highest BCUT2D eigenvalue weighted by Crippen LogP contribution is 2.25. The first-order valence-corrected chi connectivity index (χ1v) is 6.39. The van der Waals surface area contributed by atoms with Gasteiger partial charge in [0.25, 0.3) is 0 Å². The fraction of sp³-hybridized carbons (Fsp3) is 0.400. The Morgan fingerprint density at radius 3 is 2.79 bits per heavy atom. The minimum Gasteiger partial charge on any atom is -0.478 e. The van der Waals surface area contributed by atoms with E-state index in [0.717, 1.165) is 24.6 Å².